The molecule has 4 N–H and O–H groups in total. The summed E-state index contributed by atoms with van der Waals surface area (Å²) in [5.74, 6) is -8.74. The van der Waals surface area contributed by atoms with Crippen LogP contribution >= 0.6 is 0 Å². The Labute approximate surface area is 133 Å². The number of hydrogen-bond donors (Lipinski definition) is 3. The molecule has 2 aromatic rings. The van der Waals surface area contributed by atoms with Crippen molar-refractivity contribution in [2.75, 3.05) is 11.1 Å². The summed E-state index contributed by atoms with van der Waals surface area (Å²) < 4.78 is 39.3. The molecule has 0 radical (unpaired) electrons. The van der Waals surface area contributed by atoms with Crippen molar-refractivity contribution >= 4 is 29.1 Å². The van der Waals surface area contributed by atoms with Gasteiger partial charge in [-0.3, -0.25) is 19.7 Å². The van der Waals surface area contributed by atoms with Gasteiger partial charge in [0.15, 0.2) is 17.5 Å². The summed E-state index contributed by atoms with van der Waals surface area (Å²) in [6, 6.07) is 7.09. The molecule has 9 heteroatoms. The highest BCUT2D eigenvalue weighted by atomic mass is 19.2. The Morgan fingerprint density at radius 2 is 1.54 bits per heavy atom. The van der Waals surface area contributed by atoms with Gasteiger partial charge in [-0.15, -0.1) is 0 Å². The lowest BCUT2D eigenvalue weighted by Gasteiger charge is -2.08. The molecule has 0 aromatic heterocycles. The molecular formula is C15H10F3N3O3. The lowest BCUT2D eigenvalue weighted by Crippen LogP contribution is -2.39. The zero-order valence-electron chi connectivity index (χ0n) is 11.9. The zero-order chi connectivity index (χ0) is 17.9. The largest absolute Gasteiger partial charge is 0.398 e. The lowest BCUT2D eigenvalue weighted by molar-refractivity contribution is -0.135. The number of carbonyl (C=O) groups excluding carboxylic acids is 3. The predicted octanol–water partition coefficient (Wildman–Crippen LogP) is 1.58. The third-order valence-electron chi connectivity index (χ3n) is 2.92. The molecule has 24 heavy (non-hydrogen) atoms. The smallest absolute Gasteiger partial charge is 0.316 e. The van der Waals surface area contributed by atoms with E-state index in [0.717, 1.165) is 6.07 Å². The fourth-order valence-electron chi connectivity index (χ4n) is 1.73. The highest BCUT2D eigenvalue weighted by Gasteiger charge is 2.22. The van der Waals surface area contributed by atoms with E-state index in [1.54, 1.807) is 16.7 Å². The Morgan fingerprint density at radius 1 is 0.875 bits per heavy atom. The average molecular weight is 337 g/mol. The van der Waals surface area contributed by atoms with E-state index in [0.29, 0.717) is 6.07 Å². The second kappa shape index (κ2) is 6.82. The second-order valence-electron chi connectivity index (χ2n) is 4.55. The fraction of sp³-hybridized carbons (Fsp3) is 0. The van der Waals surface area contributed by atoms with Crippen molar-refractivity contribution < 1.29 is 27.6 Å². The number of hydrogen-bond acceptors (Lipinski definition) is 4. The Hall–Kier alpha value is -3.36. The number of para-hydroxylation sites is 1. The third kappa shape index (κ3) is 3.51. The molecule has 2 aromatic carbocycles. The van der Waals surface area contributed by atoms with Gasteiger partial charge in [0.2, 0.25) is 0 Å². The Bertz CT molecular complexity index is 840. The van der Waals surface area contributed by atoms with Crippen molar-refractivity contribution in [1.29, 1.82) is 0 Å². The van der Waals surface area contributed by atoms with E-state index < -0.39 is 40.9 Å². The Balaban J connectivity index is 2.08. The van der Waals surface area contributed by atoms with Gasteiger partial charge >= 0.3 is 11.8 Å². The van der Waals surface area contributed by atoms with E-state index in [1.807, 2.05) is 0 Å². The molecule has 124 valence electrons. The van der Waals surface area contributed by atoms with Crippen LogP contribution in [0.15, 0.2) is 36.4 Å². The number of amides is 3. The van der Waals surface area contributed by atoms with Crippen LogP contribution in [-0.4, -0.2) is 17.7 Å². The number of halogens is 3. The molecule has 0 unspecified atom stereocenters. The lowest BCUT2D eigenvalue weighted by atomic mass is 10.1. The quantitative estimate of drug-likeness (QED) is 0.440. The van der Waals surface area contributed by atoms with Gasteiger partial charge in [0, 0.05) is 5.69 Å². The molecule has 0 heterocycles. The molecule has 0 saturated heterocycles. The average Bonchev–Trinajstić information content (AvgIpc) is 2.55. The second-order valence-corrected chi connectivity index (χ2v) is 4.55. The predicted molar refractivity (Wildman–Crippen MR) is 78.3 cm³/mol. The highest BCUT2D eigenvalue weighted by molar-refractivity contribution is 6.42. The number of nitrogens with two attached hydrogens (primary N) is 1. The monoisotopic (exact) mass is 337 g/mol. The van der Waals surface area contributed by atoms with E-state index in [-0.39, 0.29) is 11.3 Å². The van der Waals surface area contributed by atoms with Crippen molar-refractivity contribution in [3.05, 3.63) is 59.4 Å². The Kier molecular flexibility index (Phi) is 4.83. The SMILES string of the molecule is Nc1ccccc1C(=O)NC(=O)C(=O)Nc1ccc(F)c(F)c1F. The molecule has 0 aliphatic heterocycles. The van der Waals surface area contributed by atoms with Gasteiger partial charge in [-0.2, -0.15) is 0 Å². The summed E-state index contributed by atoms with van der Waals surface area (Å²) >= 11 is 0. The normalized spacial score (nSPS) is 10.1. The van der Waals surface area contributed by atoms with Crippen LogP contribution in [0.25, 0.3) is 0 Å². The van der Waals surface area contributed by atoms with Crippen molar-refractivity contribution in [2.45, 2.75) is 0 Å². The first-order chi connectivity index (χ1) is 11.3. The summed E-state index contributed by atoms with van der Waals surface area (Å²) in [7, 11) is 0. The van der Waals surface area contributed by atoms with Crippen LogP contribution in [0.5, 0.6) is 0 Å². The number of nitrogens with one attached hydrogen (secondary N) is 2. The van der Waals surface area contributed by atoms with Crippen LogP contribution in [0.3, 0.4) is 0 Å². The molecular weight excluding hydrogens is 327 g/mol. The number of anilines is 2. The third-order valence-corrected chi connectivity index (χ3v) is 2.92. The minimum Gasteiger partial charge on any atom is -0.398 e. The maximum atomic E-state index is 13.4. The summed E-state index contributed by atoms with van der Waals surface area (Å²) in [5.41, 5.74) is 4.83. The molecule has 0 fully saturated rings. The molecule has 0 atom stereocenters. The minimum absolute atomic E-state index is 0.0438. The number of rotatable bonds is 2. The number of carbonyl (C=O) groups is 3. The molecule has 0 aliphatic carbocycles. The minimum atomic E-state index is -1.80. The molecule has 0 bridgehead atoms. The highest BCUT2D eigenvalue weighted by Crippen LogP contribution is 2.19. The van der Waals surface area contributed by atoms with Gasteiger partial charge in [-0.25, -0.2) is 13.2 Å². The van der Waals surface area contributed by atoms with E-state index in [2.05, 4.69) is 0 Å². The Morgan fingerprint density at radius 3 is 2.21 bits per heavy atom. The van der Waals surface area contributed by atoms with E-state index >= 15 is 0 Å². The van der Waals surface area contributed by atoms with Crippen LogP contribution in [0, 0.1) is 17.5 Å². The van der Waals surface area contributed by atoms with Crippen molar-refractivity contribution in [1.82, 2.24) is 5.32 Å². The number of imide groups is 1. The summed E-state index contributed by atoms with van der Waals surface area (Å²) in [6.07, 6.45) is 0. The molecule has 2 rings (SSSR count). The maximum absolute atomic E-state index is 13.4. The van der Waals surface area contributed by atoms with Crippen LogP contribution < -0.4 is 16.4 Å². The summed E-state index contributed by atoms with van der Waals surface area (Å²) in [4.78, 5) is 35.1. The maximum Gasteiger partial charge on any atom is 0.316 e. The molecule has 3 amide bonds. The van der Waals surface area contributed by atoms with E-state index in [4.69, 9.17) is 5.73 Å². The van der Waals surface area contributed by atoms with Crippen LogP contribution in [-0.2, 0) is 9.59 Å². The first-order valence-electron chi connectivity index (χ1n) is 6.46. The van der Waals surface area contributed by atoms with Gasteiger partial charge < -0.3 is 11.1 Å². The first-order valence-corrected chi connectivity index (χ1v) is 6.46. The van der Waals surface area contributed by atoms with Gasteiger partial charge in [-0.1, -0.05) is 12.1 Å². The van der Waals surface area contributed by atoms with Crippen molar-refractivity contribution in [2.24, 2.45) is 0 Å². The van der Waals surface area contributed by atoms with Gasteiger partial charge in [-0.05, 0) is 24.3 Å². The van der Waals surface area contributed by atoms with Crippen molar-refractivity contribution in [3.8, 4) is 0 Å². The van der Waals surface area contributed by atoms with Crippen LogP contribution in [0.4, 0.5) is 24.5 Å². The first kappa shape index (κ1) is 17.0. The molecule has 0 saturated carbocycles. The molecule has 0 spiro atoms. The summed E-state index contributed by atoms with van der Waals surface area (Å²) in [6.45, 7) is 0. The molecule has 6 nitrogen and oxygen atoms in total. The van der Waals surface area contributed by atoms with Crippen LogP contribution in [0.2, 0.25) is 0 Å². The standard InChI is InChI=1S/C15H10F3N3O3/c16-8-5-6-10(12(18)11(8)17)20-14(23)15(24)21-13(22)7-3-1-2-4-9(7)19/h1-6H,19H2,(H,20,23)(H,21,22,24). The molecule has 0 aliphatic rings. The van der Waals surface area contributed by atoms with E-state index in [1.165, 1.54) is 18.2 Å². The number of nitrogen functional groups attached to an aromatic ring is 1. The summed E-state index contributed by atoms with van der Waals surface area (Å²) in [5, 5.41) is 3.48. The number of benzene rings is 2. The van der Waals surface area contributed by atoms with Crippen molar-refractivity contribution in [3.63, 3.8) is 0 Å². The van der Waals surface area contributed by atoms with Gasteiger partial charge in [0.1, 0.15) is 0 Å². The van der Waals surface area contributed by atoms with E-state index in [9.17, 15) is 27.6 Å². The fourth-order valence-corrected chi connectivity index (χ4v) is 1.73. The zero-order valence-corrected chi connectivity index (χ0v) is 11.9. The van der Waals surface area contributed by atoms with Crippen LogP contribution in [0.1, 0.15) is 10.4 Å². The van der Waals surface area contributed by atoms with Gasteiger partial charge in [0.25, 0.3) is 5.91 Å². The topological polar surface area (TPSA) is 101 Å². The van der Waals surface area contributed by atoms with Gasteiger partial charge in [0.05, 0.1) is 11.3 Å².